The van der Waals surface area contributed by atoms with Gasteiger partial charge in [-0.15, -0.1) is 0 Å². The molecule has 4 aliphatic carbocycles. The number of benzene rings is 1. The van der Waals surface area contributed by atoms with Crippen molar-refractivity contribution in [1.29, 1.82) is 0 Å². The summed E-state index contributed by atoms with van der Waals surface area (Å²) in [6, 6.07) is 4.88. The first-order chi connectivity index (χ1) is 12.6. The summed E-state index contributed by atoms with van der Waals surface area (Å²) in [7, 11) is 0. The van der Waals surface area contributed by atoms with Crippen LogP contribution in [-0.4, -0.2) is 5.78 Å². The molecule has 6 rings (SSSR count). The van der Waals surface area contributed by atoms with Gasteiger partial charge in [-0.05, 0) is 92.4 Å². The summed E-state index contributed by atoms with van der Waals surface area (Å²) < 4.78 is 6.25. The Morgan fingerprint density at radius 2 is 1.92 bits per heavy atom. The highest BCUT2D eigenvalue weighted by molar-refractivity contribution is 5.87. The van der Waals surface area contributed by atoms with Crippen molar-refractivity contribution in [2.24, 2.45) is 17.3 Å². The Hall–Kier alpha value is -1.57. The molecular formula is C24H28O2. The minimum absolute atomic E-state index is 0.0163. The molecule has 2 nitrogen and oxygen atoms in total. The van der Waals surface area contributed by atoms with E-state index < -0.39 is 0 Å². The lowest BCUT2D eigenvalue weighted by Gasteiger charge is -2.48. The molecule has 0 N–H and O–H groups in total. The molecule has 0 spiro atoms. The zero-order chi connectivity index (χ0) is 17.5. The molecule has 2 fully saturated rings. The molecule has 2 saturated carbocycles. The van der Waals surface area contributed by atoms with Crippen LogP contribution in [0.2, 0.25) is 0 Å². The van der Waals surface area contributed by atoms with Crippen LogP contribution in [0.3, 0.4) is 0 Å². The molecule has 0 radical (unpaired) electrons. The van der Waals surface area contributed by atoms with E-state index in [1.165, 1.54) is 60.8 Å². The summed E-state index contributed by atoms with van der Waals surface area (Å²) >= 11 is 0. The number of ketones is 1. The fourth-order valence-corrected chi connectivity index (χ4v) is 7.10. The number of hydrogen-bond acceptors (Lipinski definition) is 2. The lowest BCUT2D eigenvalue weighted by atomic mass is 9.55. The van der Waals surface area contributed by atoms with Crippen molar-refractivity contribution in [3.05, 3.63) is 34.6 Å². The van der Waals surface area contributed by atoms with Gasteiger partial charge in [-0.2, -0.15) is 0 Å². The molecule has 0 aliphatic heterocycles. The number of carbonyl (C=O) groups is 1. The molecule has 0 amide bonds. The molecule has 136 valence electrons. The minimum Gasteiger partial charge on any atom is -0.461 e. The average Bonchev–Trinajstić information content (AvgIpc) is 3.17. The Morgan fingerprint density at radius 3 is 2.85 bits per heavy atom. The smallest absolute Gasteiger partial charge is 0.139 e. The van der Waals surface area contributed by atoms with Crippen molar-refractivity contribution in [2.45, 2.75) is 77.0 Å². The summed E-state index contributed by atoms with van der Waals surface area (Å²) in [6.07, 6.45) is 11.5. The van der Waals surface area contributed by atoms with E-state index >= 15 is 0 Å². The van der Waals surface area contributed by atoms with E-state index in [9.17, 15) is 4.79 Å². The second kappa shape index (κ2) is 5.24. The first-order valence-electron chi connectivity index (χ1n) is 10.8. The Morgan fingerprint density at radius 1 is 1.04 bits per heavy atom. The lowest BCUT2D eigenvalue weighted by molar-refractivity contribution is -0.129. The quantitative estimate of drug-likeness (QED) is 0.608. The SMILES string of the molecule is C[C@]12CCC3c4cc5c6c(oc5cc4CC[C@@H]3[C@@H]1CCC2=O)CCCC6. The third-order valence-electron chi connectivity index (χ3n) is 8.51. The van der Waals surface area contributed by atoms with Crippen LogP contribution in [-0.2, 0) is 24.1 Å². The maximum atomic E-state index is 12.5. The maximum absolute atomic E-state index is 12.5. The van der Waals surface area contributed by atoms with Crippen LogP contribution in [0, 0.1) is 17.3 Å². The average molecular weight is 348 g/mol. The Labute approximate surface area is 155 Å². The van der Waals surface area contributed by atoms with Crippen molar-refractivity contribution < 1.29 is 9.21 Å². The monoisotopic (exact) mass is 348 g/mol. The highest BCUT2D eigenvalue weighted by Gasteiger charge is 2.54. The molecule has 2 aromatic rings. The number of fused-ring (bicyclic) bond motifs is 8. The summed E-state index contributed by atoms with van der Waals surface area (Å²) in [4.78, 5) is 12.5. The molecular weight excluding hydrogens is 320 g/mol. The van der Waals surface area contributed by atoms with Crippen LogP contribution in [0.5, 0.6) is 0 Å². The third kappa shape index (κ3) is 1.91. The van der Waals surface area contributed by atoms with E-state index in [2.05, 4.69) is 19.1 Å². The van der Waals surface area contributed by atoms with Crippen LogP contribution in [0.4, 0.5) is 0 Å². The van der Waals surface area contributed by atoms with Crippen LogP contribution in [0.25, 0.3) is 11.0 Å². The highest BCUT2D eigenvalue weighted by atomic mass is 16.3. The van der Waals surface area contributed by atoms with Gasteiger partial charge in [0.05, 0.1) is 0 Å². The topological polar surface area (TPSA) is 30.2 Å². The van der Waals surface area contributed by atoms with Crippen LogP contribution in [0.15, 0.2) is 16.5 Å². The number of Topliss-reactive ketones (excluding diaryl/α,β-unsaturated/α-hetero) is 1. The van der Waals surface area contributed by atoms with Crippen molar-refractivity contribution in [2.75, 3.05) is 0 Å². The van der Waals surface area contributed by atoms with Gasteiger partial charge in [0.1, 0.15) is 17.1 Å². The van der Waals surface area contributed by atoms with E-state index in [1.54, 1.807) is 5.56 Å². The lowest BCUT2D eigenvalue weighted by Crippen LogP contribution is -2.42. The van der Waals surface area contributed by atoms with Crippen molar-refractivity contribution in [3.8, 4) is 0 Å². The van der Waals surface area contributed by atoms with Crippen LogP contribution in [0.1, 0.15) is 80.2 Å². The van der Waals surface area contributed by atoms with E-state index in [0.717, 1.165) is 31.3 Å². The van der Waals surface area contributed by atoms with Gasteiger partial charge in [-0.1, -0.05) is 6.92 Å². The van der Waals surface area contributed by atoms with Gasteiger partial charge in [-0.3, -0.25) is 4.79 Å². The number of aryl methyl sites for hydroxylation is 3. The summed E-state index contributed by atoms with van der Waals surface area (Å²) in [5.41, 5.74) is 5.73. The first-order valence-corrected chi connectivity index (χ1v) is 10.8. The summed E-state index contributed by atoms with van der Waals surface area (Å²) in [6.45, 7) is 2.27. The van der Waals surface area contributed by atoms with Crippen molar-refractivity contribution >= 4 is 16.8 Å². The van der Waals surface area contributed by atoms with Crippen LogP contribution >= 0.6 is 0 Å². The summed E-state index contributed by atoms with van der Waals surface area (Å²) in [5.74, 6) is 3.80. The normalized spacial score (nSPS) is 35.7. The summed E-state index contributed by atoms with van der Waals surface area (Å²) in [5, 5.41) is 1.40. The van der Waals surface area contributed by atoms with E-state index in [-0.39, 0.29) is 5.41 Å². The van der Waals surface area contributed by atoms with E-state index in [0.29, 0.717) is 23.5 Å². The Balaban J connectivity index is 1.46. The number of furan rings is 1. The van der Waals surface area contributed by atoms with Gasteiger partial charge < -0.3 is 4.42 Å². The third-order valence-corrected chi connectivity index (χ3v) is 8.51. The molecule has 1 aromatic carbocycles. The molecule has 1 unspecified atom stereocenters. The number of hydrogen-bond donors (Lipinski definition) is 0. The zero-order valence-electron chi connectivity index (χ0n) is 15.8. The van der Waals surface area contributed by atoms with Gasteiger partial charge >= 0.3 is 0 Å². The van der Waals surface area contributed by atoms with Gasteiger partial charge in [-0.25, -0.2) is 0 Å². The first kappa shape index (κ1) is 15.5. The minimum atomic E-state index is -0.0163. The van der Waals surface area contributed by atoms with E-state index in [1.807, 2.05) is 0 Å². The fourth-order valence-electron chi connectivity index (χ4n) is 7.10. The molecule has 0 bridgehead atoms. The number of rotatable bonds is 0. The standard InChI is InChI=1S/C24H28O2/c1-24-11-10-15-16(20(24)8-9-23(24)25)7-6-14-12-22-19(13-18(14)15)17-4-2-3-5-21(17)26-22/h12-13,15-16,20H,2-11H2,1H3/t15?,16-,20-,24-/m0/s1. The van der Waals surface area contributed by atoms with E-state index in [4.69, 9.17) is 4.42 Å². The molecule has 2 heteroatoms. The zero-order valence-corrected chi connectivity index (χ0v) is 15.8. The van der Waals surface area contributed by atoms with Crippen molar-refractivity contribution in [1.82, 2.24) is 0 Å². The second-order valence-corrected chi connectivity index (χ2v) is 9.59. The molecule has 0 saturated heterocycles. The molecule has 1 aromatic heterocycles. The fraction of sp³-hybridized carbons (Fsp3) is 0.625. The van der Waals surface area contributed by atoms with Gasteiger partial charge in [0, 0.05) is 29.2 Å². The maximum Gasteiger partial charge on any atom is 0.139 e. The molecule has 4 aliphatic rings. The van der Waals surface area contributed by atoms with Crippen molar-refractivity contribution in [3.63, 3.8) is 0 Å². The van der Waals surface area contributed by atoms with Gasteiger partial charge in [0.25, 0.3) is 0 Å². The molecule has 4 atom stereocenters. The molecule has 26 heavy (non-hydrogen) atoms. The van der Waals surface area contributed by atoms with Crippen LogP contribution < -0.4 is 0 Å². The highest BCUT2D eigenvalue weighted by Crippen LogP contribution is 2.59. The predicted octanol–water partition coefficient (Wildman–Crippen LogP) is 5.74. The number of carbonyl (C=O) groups excluding carboxylic acids is 1. The van der Waals surface area contributed by atoms with Gasteiger partial charge in [0.15, 0.2) is 0 Å². The Bertz CT molecular complexity index is 920. The predicted molar refractivity (Wildman–Crippen MR) is 102 cm³/mol. The van der Waals surface area contributed by atoms with Gasteiger partial charge in [0.2, 0.25) is 0 Å². The molecule has 1 heterocycles. The largest absolute Gasteiger partial charge is 0.461 e. The second-order valence-electron chi connectivity index (χ2n) is 9.59. The Kier molecular flexibility index (Phi) is 3.12.